The predicted octanol–water partition coefficient (Wildman–Crippen LogP) is 5.34. The van der Waals surface area contributed by atoms with Gasteiger partial charge in [-0.2, -0.15) is 0 Å². The van der Waals surface area contributed by atoms with Crippen LogP contribution in [-0.2, 0) is 19.6 Å². The second-order valence-corrected chi connectivity index (χ2v) is 14.5. The molecule has 0 aliphatic heterocycles. The monoisotopic (exact) mass is 695 g/mol. The molecule has 1 atom stereocenters. The van der Waals surface area contributed by atoms with Crippen molar-refractivity contribution >= 4 is 44.4 Å². The summed E-state index contributed by atoms with van der Waals surface area (Å²) in [6, 6.07) is 29.6. The molecule has 0 spiro atoms. The van der Waals surface area contributed by atoms with Gasteiger partial charge in [-0.25, -0.2) is 22.5 Å². The van der Waals surface area contributed by atoms with Crippen LogP contribution < -0.4 is 16.0 Å². The number of amides is 3. The zero-order chi connectivity index (χ0) is 34.5. The molecule has 11 nitrogen and oxygen atoms in total. The van der Waals surface area contributed by atoms with Crippen LogP contribution in [-0.4, -0.2) is 68.9 Å². The number of nitrogens with zero attached hydrogens (tertiary/aromatic N) is 2. The molecule has 3 amide bonds. The molecule has 1 aliphatic rings. The molecular formula is C36H33N5O6S2. The topological polar surface area (TPSA) is 147 Å². The Morgan fingerprint density at radius 3 is 2.20 bits per heavy atom. The highest BCUT2D eigenvalue weighted by molar-refractivity contribution is 7.89. The van der Waals surface area contributed by atoms with E-state index in [4.69, 9.17) is 4.74 Å². The number of nitrogens with one attached hydrogen (secondary N) is 3. The Morgan fingerprint density at radius 2 is 1.53 bits per heavy atom. The lowest BCUT2D eigenvalue weighted by Crippen LogP contribution is -2.50. The van der Waals surface area contributed by atoms with Crippen LogP contribution in [0.15, 0.2) is 113 Å². The van der Waals surface area contributed by atoms with Crippen LogP contribution in [0.5, 0.6) is 0 Å². The number of aromatic nitrogens is 1. The van der Waals surface area contributed by atoms with Gasteiger partial charge in [0.15, 0.2) is 5.13 Å². The van der Waals surface area contributed by atoms with E-state index in [9.17, 15) is 22.8 Å². The van der Waals surface area contributed by atoms with E-state index in [0.29, 0.717) is 10.8 Å². The molecule has 49 heavy (non-hydrogen) atoms. The molecule has 6 rings (SSSR count). The molecule has 1 aromatic heterocycles. The second-order valence-electron chi connectivity index (χ2n) is 11.4. The molecule has 0 unspecified atom stereocenters. The van der Waals surface area contributed by atoms with Gasteiger partial charge >= 0.3 is 6.09 Å². The lowest BCUT2D eigenvalue weighted by Gasteiger charge is -2.19. The first-order chi connectivity index (χ1) is 23.6. The molecule has 0 saturated heterocycles. The Kier molecular flexibility index (Phi) is 9.85. The number of thiazole rings is 1. The molecule has 5 aromatic rings. The number of rotatable bonds is 11. The molecular weight excluding hydrogens is 663 g/mol. The predicted molar refractivity (Wildman–Crippen MR) is 188 cm³/mol. The van der Waals surface area contributed by atoms with Crippen molar-refractivity contribution in [2.24, 2.45) is 0 Å². The molecule has 0 radical (unpaired) electrons. The van der Waals surface area contributed by atoms with Crippen molar-refractivity contribution < 1.29 is 27.5 Å². The minimum atomic E-state index is -3.82. The Balaban J connectivity index is 1.16. The fraction of sp³-hybridized carbons (Fsp3) is 0.167. The van der Waals surface area contributed by atoms with E-state index < -0.39 is 34.0 Å². The summed E-state index contributed by atoms with van der Waals surface area (Å²) in [5.74, 6) is -1.51. The molecule has 1 aliphatic carbocycles. The van der Waals surface area contributed by atoms with E-state index in [1.807, 2.05) is 78.9 Å². The van der Waals surface area contributed by atoms with E-state index in [-0.39, 0.29) is 29.5 Å². The van der Waals surface area contributed by atoms with Gasteiger partial charge in [0.1, 0.15) is 12.6 Å². The Labute approximate surface area is 288 Å². The third kappa shape index (κ3) is 7.38. The highest BCUT2D eigenvalue weighted by Crippen LogP contribution is 2.44. The fourth-order valence-electron chi connectivity index (χ4n) is 5.56. The molecule has 250 valence electrons. The second kappa shape index (κ2) is 14.4. The van der Waals surface area contributed by atoms with Gasteiger partial charge in [0.05, 0.1) is 17.1 Å². The number of hydrogen-bond donors (Lipinski definition) is 3. The van der Waals surface area contributed by atoms with E-state index in [1.165, 1.54) is 49.7 Å². The molecule has 1 heterocycles. The van der Waals surface area contributed by atoms with Crippen molar-refractivity contribution in [3.8, 4) is 22.4 Å². The fourth-order valence-corrected chi connectivity index (χ4v) is 7.23. The van der Waals surface area contributed by atoms with E-state index in [2.05, 4.69) is 20.9 Å². The average Bonchev–Trinajstić information content (AvgIpc) is 3.72. The average molecular weight is 696 g/mol. The number of ether oxygens (including phenoxy) is 1. The molecule has 4 aromatic carbocycles. The SMILES string of the molecule is CN(C)S(=O)(=O)c1cccc(C(=O)N[C@@H](CNC(=O)OCC2c3ccccc3-c3ccccc32)C(=O)Nc2nc(-c3ccccc3)cs2)c1. The molecule has 0 bridgehead atoms. The largest absolute Gasteiger partial charge is 0.449 e. The number of sulfonamides is 1. The molecule has 3 N–H and O–H groups in total. The van der Waals surface area contributed by atoms with Crippen LogP contribution in [0, 0.1) is 0 Å². The maximum Gasteiger partial charge on any atom is 0.407 e. The van der Waals surface area contributed by atoms with Crippen LogP contribution in [0.4, 0.5) is 9.93 Å². The third-order valence-corrected chi connectivity index (χ3v) is 10.7. The van der Waals surface area contributed by atoms with Gasteiger partial charge in [0.2, 0.25) is 10.0 Å². The zero-order valence-corrected chi connectivity index (χ0v) is 28.3. The maximum atomic E-state index is 13.5. The van der Waals surface area contributed by atoms with E-state index in [1.54, 1.807) is 5.38 Å². The summed E-state index contributed by atoms with van der Waals surface area (Å²) in [6.45, 7) is -0.252. The van der Waals surface area contributed by atoms with Crippen molar-refractivity contribution in [1.29, 1.82) is 0 Å². The molecule has 0 fully saturated rings. The smallest absolute Gasteiger partial charge is 0.407 e. The van der Waals surface area contributed by atoms with E-state index in [0.717, 1.165) is 32.1 Å². The lowest BCUT2D eigenvalue weighted by atomic mass is 9.98. The van der Waals surface area contributed by atoms with Crippen LogP contribution in [0.25, 0.3) is 22.4 Å². The standard InChI is InChI=1S/C36H33N5O6S2/c1-41(2)49(45,46)25-14-10-13-24(19-25)33(42)38-31(34(43)40-35-39-32(22-48-35)23-11-4-3-5-12-23)20-37-36(44)47-21-30-28-17-8-6-15-26(28)27-16-7-9-18-29(27)30/h3-19,22,30-31H,20-21H2,1-2H3,(H,37,44)(H,38,42)(H,39,40,43)/t31-/m0/s1. The van der Waals surface area contributed by atoms with Crippen LogP contribution >= 0.6 is 11.3 Å². The summed E-state index contributed by atoms with van der Waals surface area (Å²) < 4.78 is 32.0. The number of carbonyl (C=O) groups is 3. The van der Waals surface area contributed by atoms with Crippen LogP contribution in [0.1, 0.15) is 27.4 Å². The summed E-state index contributed by atoms with van der Waals surface area (Å²) >= 11 is 1.21. The number of hydrogen-bond acceptors (Lipinski definition) is 8. The Hall–Kier alpha value is -5.37. The van der Waals surface area contributed by atoms with Gasteiger partial charge in [0, 0.05) is 36.5 Å². The Morgan fingerprint density at radius 1 is 0.878 bits per heavy atom. The number of anilines is 1. The van der Waals surface area contributed by atoms with Crippen molar-refractivity contribution in [3.05, 3.63) is 125 Å². The van der Waals surface area contributed by atoms with Crippen molar-refractivity contribution in [2.75, 3.05) is 32.6 Å². The normalized spacial score (nSPS) is 12.9. The number of fused-ring (bicyclic) bond motifs is 3. The van der Waals surface area contributed by atoms with Gasteiger partial charge < -0.3 is 20.7 Å². The first-order valence-electron chi connectivity index (χ1n) is 15.4. The summed E-state index contributed by atoms with van der Waals surface area (Å²) in [6.07, 6.45) is -0.770. The zero-order valence-electron chi connectivity index (χ0n) is 26.6. The van der Waals surface area contributed by atoms with E-state index >= 15 is 0 Å². The maximum absolute atomic E-state index is 13.5. The number of benzene rings is 4. The summed E-state index contributed by atoms with van der Waals surface area (Å²) in [5.41, 5.74) is 5.84. The highest BCUT2D eigenvalue weighted by atomic mass is 32.2. The van der Waals surface area contributed by atoms with Crippen molar-refractivity contribution in [3.63, 3.8) is 0 Å². The van der Waals surface area contributed by atoms with Crippen LogP contribution in [0.3, 0.4) is 0 Å². The quantitative estimate of drug-likeness (QED) is 0.169. The summed E-state index contributed by atoms with van der Waals surface area (Å²) in [5, 5.41) is 10.0. The number of alkyl carbamates (subject to hydrolysis) is 1. The molecule has 0 saturated carbocycles. The first kappa shape index (κ1) is 33.5. The number of carbonyl (C=O) groups excluding carboxylic acids is 3. The minimum absolute atomic E-state index is 0.0162. The van der Waals surface area contributed by atoms with Gasteiger partial charge in [0.25, 0.3) is 11.8 Å². The first-order valence-corrected chi connectivity index (χ1v) is 17.7. The van der Waals surface area contributed by atoms with Crippen molar-refractivity contribution in [2.45, 2.75) is 16.9 Å². The van der Waals surface area contributed by atoms with Gasteiger partial charge in [-0.1, -0.05) is 84.9 Å². The Bertz CT molecular complexity index is 2070. The summed E-state index contributed by atoms with van der Waals surface area (Å²) in [4.78, 5) is 44.3. The van der Waals surface area contributed by atoms with Gasteiger partial charge in [-0.15, -0.1) is 11.3 Å². The van der Waals surface area contributed by atoms with Crippen LogP contribution in [0.2, 0.25) is 0 Å². The molecule has 13 heteroatoms. The minimum Gasteiger partial charge on any atom is -0.449 e. The van der Waals surface area contributed by atoms with Crippen molar-refractivity contribution in [1.82, 2.24) is 19.9 Å². The summed E-state index contributed by atoms with van der Waals surface area (Å²) in [7, 11) is -1.04. The third-order valence-electron chi connectivity index (χ3n) is 8.09. The van der Waals surface area contributed by atoms with Gasteiger partial charge in [-0.3, -0.25) is 9.59 Å². The van der Waals surface area contributed by atoms with Gasteiger partial charge in [-0.05, 0) is 40.5 Å². The lowest BCUT2D eigenvalue weighted by molar-refractivity contribution is -0.117. The highest BCUT2D eigenvalue weighted by Gasteiger charge is 2.30.